The molecule has 0 aliphatic heterocycles. The van der Waals surface area contributed by atoms with Crippen LogP contribution in [0.4, 0.5) is 3.89 Å². The lowest BCUT2D eigenvalue weighted by Gasteiger charge is -2.27. The summed E-state index contributed by atoms with van der Waals surface area (Å²) >= 11 is 0. The molecule has 0 saturated carbocycles. The van der Waals surface area contributed by atoms with E-state index in [4.69, 9.17) is 0 Å². The first-order valence-electron chi connectivity index (χ1n) is 5.91. The summed E-state index contributed by atoms with van der Waals surface area (Å²) in [6.45, 7) is 7.29. The first-order valence-corrected chi connectivity index (χ1v) is 8.78. The quantitative estimate of drug-likeness (QED) is 0.860. The van der Waals surface area contributed by atoms with Crippen molar-refractivity contribution in [2.45, 2.75) is 43.5 Å². The van der Waals surface area contributed by atoms with E-state index >= 15 is 0 Å². The van der Waals surface area contributed by atoms with Gasteiger partial charge in [0, 0.05) is 6.04 Å². The molecule has 0 fully saturated rings. The summed E-state index contributed by atoms with van der Waals surface area (Å²) in [5.74, 6) is 0. The Morgan fingerprint density at radius 1 is 1.10 bits per heavy atom. The van der Waals surface area contributed by atoms with E-state index in [0.29, 0.717) is 0 Å². The van der Waals surface area contributed by atoms with E-state index in [0.717, 1.165) is 12.1 Å². The highest BCUT2D eigenvalue weighted by Crippen LogP contribution is 2.22. The fourth-order valence-corrected chi connectivity index (χ4v) is 3.35. The zero-order valence-electron chi connectivity index (χ0n) is 11.7. The van der Waals surface area contributed by atoms with Crippen LogP contribution in [0, 0.1) is 5.41 Å². The van der Waals surface area contributed by atoms with Crippen LogP contribution < -0.4 is 4.72 Å². The van der Waals surface area contributed by atoms with Crippen molar-refractivity contribution in [2.75, 3.05) is 0 Å². The van der Waals surface area contributed by atoms with E-state index in [9.17, 15) is 20.7 Å². The van der Waals surface area contributed by atoms with E-state index in [1.165, 1.54) is 12.1 Å². The number of nitrogens with one attached hydrogen (secondary N) is 1. The second-order valence-electron chi connectivity index (χ2n) is 5.62. The molecule has 5 nitrogen and oxygen atoms in total. The lowest BCUT2D eigenvalue weighted by Crippen LogP contribution is -2.41. The SMILES string of the molecule is CC(NS(=O)(=O)c1cccc(S(=O)(=O)F)c1)C(C)(C)C. The summed E-state index contributed by atoms with van der Waals surface area (Å²) in [5, 5.41) is 0. The molecule has 1 unspecified atom stereocenters. The number of hydrogen-bond donors (Lipinski definition) is 1. The summed E-state index contributed by atoms with van der Waals surface area (Å²) < 4.78 is 61.2. The van der Waals surface area contributed by atoms with E-state index < -0.39 is 25.1 Å². The molecule has 0 heterocycles. The van der Waals surface area contributed by atoms with Gasteiger partial charge in [0.05, 0.1) is 9.79 Å². The van der Waals surface area contributed by atoms with Crippen LogP contribution in [0.25, 0.3) is 0 Å². The van der Waals surface area contributed by atoms with Gasteiger partial charge in [0.25, 0.3) is 0 Å². The van der Waals surface area contributed by atoms with Gasteiger partial charge in [-0.25, -0.2) is 13.1 Å². The van der Waals surface area contributed by atoms with Crippen LogP contribution in [0.1, 0.15) is 27.7 Å². The topological polar surface area (TPSA) is 80.3 Å². The molecule has 1 rings (SSSR count). The smallest absolute Gasteiger partial charge is 0.208 e. The normalized spacial score (nSPS) is 15.1. The molecule has 0 aliphatic carbocycles. The number of sulfonamides is 1. The highest BCUT2D eigenvalue weighted by molar-refractivity contribution is 7.89. The van der Waals surface area contributed by atoms with Crippen LogP contribution in [0.2, 0.25) is 0 Å². The highest BCUT2D eigenvalue weighted by atomic mass is 32.3. The van der Waals surface area contributed by atoms with Gasteiger partial charge in [0.1, 0.15) is 0 Å². The molecule has 0 saturated heterocycles. The highest BCUT2D eigenvalue weighted by Gasteiger charge is 2.26. The Bertz CT molecular complexity index is 690. The van der Waals surface area contributed by atoms with Crippen LogP contribution in [0.15, 0.2) is 34.1 Å². The lowest BCUT2D eigenvalue weighted by molar-refractivity contribution is 0.317. The Labute approximate surface area is 119 Å². The van der Waals surface area contributed by atoms with Gasteiger partial charge in [-0.1, -0.05) is 26.8 Å². The molecule has 0 aromatic heterocycles. The Morgan fingerprint density at radius 2 is 1.60 bits per heavy atom. The van der Waals surface area contributed by atoms with Crippen LogP contribution >= 0.6 is 0 Å². The average molecular weight is 323 g/mol. The fraction of sp³-hybridized carbons (Fsp3) is 0.500. The molecule has 0 amide bonds. The predicted octanol–water partition coefficient (Wildman–Crippen LogP) is 2.06. The van der Waals surface area contributed by atoms with E-state index in [1.807, 2.05) is 20.8 Å². The van der Waals surface area contributed by atoms with E-state index in [2.05, 4.69) is 4.72 Å². The summed E-state index contributed by atoms with van der Waals surface area (Å²) in [7, 11) is -8.84. The maximum Gasteiger partial charge on any atom is 0.332 e. The van der Waals surface area contributed by atoms with Gasteiger partial charge in [0.2, 0.25) is 10.0 Å². The van der Waals surface area contributed by atoms with Crippen molar-refractivity contribution in [2.24, 2.45) is 5.41 Å². The Kier molecular flexibility index (Phi) is 4.62. The summed E-state index contributed by atoms with van der Waals surface area (Å²) in [4.78, 5) is -0.962. The minimum Gasteiger partial charge on any atom is -0.208 e. The Balaban J connectivity index is 3.18. The van der Waals surface area contributed by atoms with Gasteiger partial charge < -0.3 is 0 Å². The standard InChI is InChI=1S/C12H18FNO4S2/c1-9(12(2,3)4)14-20(17,18)11-7-5-6-10(8-11)19(13,15)16/h5-9,14H,1-4H3. The summed E-state index contributed by atoms with van der Waals surface area (Å²) in [6.07, 6.45) is 0. The molecule has 20 heavy (non-hydrogen) atoms. The first kappa shape index (κ1) is 17.1. The van der Waals surface area contributed by atoms with E-state index in [1.54, 1.807) is 6.92 Å². The van der Waals surface area contributed by atoms with Crippen LogP contribution in [0.3, 0.4) is 0 Å². The molecule has 8 heteroatoms. The molecule has 0 bridgehead atoms. The Hall–Kier alpha value is -0.990. The van der Waals surface area contributed by atoms with Gasteiger partial charge in [-0.15, -0.1) is 3.89 Å². The maximum absolute atomic E-state index is 12.9. The molecular formula is C12H18FNO4S2. The van der Waals surface area contributed by atoms with Crippen molar-refractivity contribution in [1.82, 2.24) is 4.72 Å². The van der Waals surface area contributed by atoms with Crippen molar-refractivity contribution in [3.63, 3.8) is 0 Å². The van der Waals surface area contributed by atoms with Gasteiger partial charge in [0.15, 0.2) is 0 Å². The Morgan fingerprint density at radius 3 is 2.05 bits per heavy atom. The zero-order valence-corrected chi connectivity index (χ0v) is 13.3. The second kappa shape index (κ2) is 5.42. The van der Waals surface area contributed by atoms with Gasteiger partial charge >= 0.3 is 10.2 Å². The molecule has 114 valence electrons. The van der Waals surface area contributed by atoms with Crippen LogP contribution in [-0.4, -0.2) is 22.9 Å². The molecule has 1 aromatic rings. The summed E-state index contributed by atoms with van der Waals surface area (Å²) in [6, 6.07) is 3.82. The third-order valence-electron chi connectivity index (χ3n) is 3.03. The van der Waals surface area contributed by atoms with Gasteiger partial charge in [-0.2, -0.15) is 8.42 Å². The zero-order chi connectivity index (χ0) is 15.8. The summed E-state index contributed by atoms with van der Waals surface area (Å²) in [5.41, 5.74) is -0.309. The van der Waals surface area contributed by atoms with Crippen LogP contribution in [-0.2, 0) is 20.2 Å². The third-order valence-corrected chi connectivity index (χ3v) is 5.38. The number of hydrogen-bond acceptors (Lipinski definition) is 4. The molecule has 1 atom stereocenters. The lowest BCUT2D eigenvalue weighted by atomic mass is 9.89. The number of halogens is 1. The van der Waals surface area contributed by atoms with E-state index in [-0.39, 0.29) is 16.4 Å². The van der Waals surface area contributed by atoms with Crippen molar-refractivity contribution in [3.05, 3.63) is 24.3 Å². The van der Waals surface area contributed by atoms with Crippen molar-refractivity contribution in [3.8, 4) is 0 Å². The number of rotatable bonds is 4. The number of benzene rings is 1. The molecule has 1 aromatic carbocycles. The molecule has 0 spiro atoms. The predicted molar refractivity (Wildman–Crippen MR) is 74.0 cm³/mol. The minimum atomic E-state index is -4.93. The van der Waals surface area contributed by atoms with Crippen molar-refractivity contribution < 1.29 is 20.7 Å². The van der Waals surface area contributed by atoms with Gasteiger partial charge in [-0.05, 0) is 30.5 Å². The van der Waals surface area contributed by atoms with Crippen molar-refractivity contribution >= 4 is 20.2 Å². The third kappa shape index (κ3) is 4.26. The average Bonchev–Trinajstić information content (AvgIpc) is 2.26. The van der Waals surface area contributed by atoms with Gasteiger partial charge in [-0.3, -0.25) is 0 Å². The molecular weight excluding hydrogens is 305 g/mol. The van der Waals surface area contributed by atoms with Crippen molar-refractivity contribution in [1.29, 1.82) is 0 Å². The monoisotopic (exact) mass is 323 g/mol. The molecule has 0 aliphatic rings. The minimum absolute atomic E-state index is 0.285. The molecule has 0 radical (unpaired) electrons. The van der Waals surface area contributed by atoms with Crippen LogP contribution in [0.5, 0.6) is 0 Å². The maximum atomic E-state index is 12.9. The first-order chi connectivity index (χ1) is 8.84. The fourth-order valence-electron chi connectivity index (χ4n) is 1.27. The second-order valence-corrected chi connectivity index (χ2v) is 8.68. The molecule has 1 N–H and O–H groups in total. The largest absolute Gasteiger partial charge is 0.332 e.